The van der Waals surface area contributed by atoms with E-state index in [4.69, 9.17) is 26.4 Å². The molecule has 0 saturated carbocycles. The highest BCUT2D eigenvalue weighted by Gasteiger charge is 2.09. The van der Waals surface area contributed by atoms with Crippen LogP contribution in [0.4, 0.5) is 5.69 Å². The lowest BCUT2D eigenvalue weighted by atomic mass is 10.2. The molecule has 0 fully saturated rings. The average molecular weight is 360 g/mol. The largest absolute Gasteiger partial charge is 0.493 e. The second-order valence-electron chi connectivity index (χ2n) is 5.65. The van der Waals surface area contributed by atoms with Gasteiger partial charge in [-0.25, -0.2) is 0 Å². The van der Waals surface area contributed by atoms with E-state index in [1.165, 1.54) is 0 Å². The van der Waals surface area contributed by atoms with Gasteiger partial charge in [-0.1, -0.05) is 18.2 Å². The molecule has 2 N–H and O–H groups in total. The highest BCUT2D eigenvalue weighted by Crippen LogP contribution is 2.29. The van der Waals surface area contributed by atoms with Gasteiger partial charge in [0.15, 0.2) is 16.6 Å². The van der Waals surface area contributed by atoms with Crippen molar-refractivity contribution in [2.45, 2.75) is 19.9 Å². The van der Waals surface area contributed by atoms with Crippen molar-refractivity contribution in [1.82, 2.24) is 5.32 Å². The molecule has 134 valence electrons. The number of hydrogen-bond acceptors (Lipinski definition) is 4. The number of methoxy groups -OCH3 is 2. The summed E-state index contributed by atoms with van der Waals surface area (Å²) in [6, 6.07) is 13.5. The first-order chi connectivity index (χ1) is 12.0. The Balaban J connectivity index is 1.86. The number of hydrogen-bond donors (Lipinski definition) is 2. The Kier molecular flexibility index (Phi) is 6.89. The van der Waals surface area contributed by atoms with Crippen LogP contribution in [-0.2, 0) is 0 Å². The van der Waals surface area contributed by atoms with Gasteiger partial charge in [-0.2, -0.15) is 0 Å². The van der Waals surface area contributed by atoms with E-state index < -0.39 is 0 Å². The summed E-state index contributed by atoms with van der Waals surface area (Å²) in [6.45, 7) is 4.55. The second-order valence-corrected chi connectivity index (χ2v) is 6.05. The summed E-state index contributed by atoms with van der Waals surface area (Å²) in [5, 5.41) is 6.87. The molecule has 2 aromatic rings. The zero-order valence-electron chi connectivity index (χ0n) is 15.0. The van der Waals surface area contributed by atoms with Gasteiger partial charge in [0.05, 0.1) is 20.3 Å². The summed E-state index contributed by atoms with van der Waals surface area (Å²) in [7, 11) is 3.20. The van der Waals surface area contributed by atoms with Crippen molar-refractivity contribution in [2.24, 2.45) is 0 Å². The minimum atomic E-state index is 0.0553. The normalized spacial score (nSPS) is 11.4. The number of nitrogens with one attached hydrogen (secondary N) is 2. The van der Waals surface area contributed by atoms with E-state index in [2.05, 4.69) is 10.6 Å². The molecule has 0 heterocycles. The highest BCUT2D eigenvalue weighted by molar-refractivity contribution is 7.80. The van der Waals surface area contributed by atoms with Crippen molar-refractivity contribution >= 4 is 23.0 Å². The van der Waals surface area contributed by atoms with Crippen molar-refractivity contribution in [2.75, 3.05) is 26.1 Å². The molecule has 2 aromatic carbocycles. The topological polar surface area (TPSA) is 51.8 Å². The van der Waals surface area contributed by atoms with Crippen LogP contribution in [0.15, 0.2) is 42.5 Å². The molecule has 0 aliphatic heterocycles. The first-order valence-corrected chi connectivity index (χ1v) is 8.42. The van der Waals surface area contributed by atoms with E-state index in [0.29, 0.717) is 23.2 Å². The quantitative estimate of drug-likeness (QED) is 0.733. The summed E-state index contributed by atoms with van der Waals surface area (Å²) in [6.07, 6.45) is 0. The predicted octanol–water partition coefficient (Wildman–Crippen LogP) is 3.77. The molecule has 0 radical (unpaired) electrons. The van der Waals surface area contributed by atoms with Crippen LogP contribution in [0, 0.1) is 6.92 Å². The fraction of sp³-hybridized carbons (Fsp3) is 0.316. The van der Waals surface area contributed by atoms with Gasteiger partial charge in [0.1, 0.15) is 12.4 Å². The van der Waals surface area contributed by atoms with Gasteiger partial charge >= 0.3 is 0 Å². The summed E-state index contributed by atoms with van der Waals surface area (Å²) in [5.74, 6) is 2.20. The van der Waals surface area contributed by atoms with Gasteiger partial charge in [-0.3, -0.25) is 0 Å². The molecule has 2 rings (SSSR count). The van der Waals surface area contributed by atoms with E-state index in [-0.39, 0.29) is 6.04 Å². The maximum Gasteiger partial charge on any atom is 0.171 e. The van der Waals surface area contributed by atoms with Crippen LogP contribution in [-0.4, -0.2) is 32.0 Å². The first-order valence-electron chi connectivity index (χ1n) is 8.01. The predicted molar refractivity (Wildman–Crippen MR) is 105 cm³/mol. The maximum absolute atomic E-state index is 5.83. The van der Waals surface area contributed by atoms with E-state index in [0.717, 1.165) is 17.0 Å². The third-order valence-electron chi connectivity index (χ3n) is 3.60. The van der Waals surface area contributed by atoms with Crippen LogP contribution in [0.2, 0.25) is 0 Å². The van der Waals surface area contributed by atoms with Crippen LogP contribution < -0.4 is 24.8 Å². The van der Waals surface area contributed by atoms with Gasteiger partial charge in [0.25, 0.3) is 0 Å². The maximum atomic E-state index is 5.83. The van der Waals surface area contributed by atoms with Crippen LogP contribution in [0.5, 0.6) is 17.2 Å². The molecule has 5 nitrogen and oxygen atoms in total. The van der Waals surface area contributed by atoms with Gasteiger partial charge < -0.3 is 24.8 Å². The molecule has 6 heteroatoms. The van der Waals surface area contributed by atoms with Crippen molar-refractivity contribution < 1.29 is 14.2 Å². The molecule has 0 spiro atoms. The molecule has 0 aromatic heterocycles. The van der Waals surface area contributed by atoms with E-state index in [1.54, 1.807) is 14.2 Å². The molecule has 0 saturated heterocycles. The lowest BCUT2D eigenvalue weighted by Gasteiger charge is -2.19. The molecule has 0 aliphatic carbocycles. The fourth-order valence-corrected chi connectivity index (χ4v) is 2.60. The van der Waals surface area contributed by atoms with Gasteiger partial charge in [-0.15, -0.1) is 0 Å². The van der Waals surface area contributed by atoms with E-state index in [9.17, 15) is 0 Å². The SMILES string of the molecule is COc1ccc(NC(=S)NC(C)COc2ccccc2C)cc1OC. The van der Waals surface area contributed by atoms with E-state index >= 15 is 0 Å². The van der Waals surface area contributed by atoms with Gasteiger partial charge in [0.2, 0.25) is 0 Å². The number of thiocarbonyl (C=S) groups is 1. The Morgan fingerprint density at radius 3 is 2.44 bits per heavy atom. The summed E-state index contributed by atoms with van der Waals surface area (Å²) in [4.78, 5) is 0. The Morgan fingerprint density at radius 2 is 1.76 bits per heavy atom. The highest BCUT2D eigenvalue weighted by atomic mass is 32.1. The molecule has 1 unspecified atom stereocenters. The van der Waals surface area contributed by atoms with Crippen LogP contribution >= 0.6 is 12.2 Å². The number of para-hydroxylation sites is 1. The second kappa shape index (κ2) is 9.13. The Hall–Kier alpha value is -2.47. The number of rotatable bonds is 7. The van der Waals surface area contributed by atoms with E-state index in [1.807, 2.05) is 56.3 Å². The smallest absolute Gasteiger partial charge is 0.171 e. The number of benzene rings is 2. The average Bonchev–Trinajstić information content (AvgIpc) is 2.60. The first kappa shape index (κ1) is 18.9. The van der Waals surface area contributed by atoms with Crippen molar-refractivity contribution in [3.63, 3.8) is 0 Å². The molecule has 25 heavy (non-hydrogen) atoms. The zero-order valence-corrected chi connectivity index (χ0v) is 15.8. The summed E-state index contributed by atoms with van der Waals surface area (Å²) >= 11 is 5.36. The van der Waals surface area contributed by atoms with Crippen LogP contribution in [0.1, 0.15) is 12.5 Å². The zero-order chi connectivity index (χ0) is 18.2. The van der Waals surface area contributed by atoms with Gasteiger partial charge in [0, 0.05) is 11.8 Å². The minimum Gasteiger partial charge on any atom is -0.493 e. The molecule has 0 aliphatic rings. The third kappa shape index (κ3) is 5.53. The third-order valence-corrected chi connectivity index (χ3v) is 3.82. The summed E-state index contributed by atoms with van der Waals surface area (Å²) in [5.41, 5.74) is 1.93. The molecule has 0 bridgehead atoms. The number of anilines is 1. The lowest BCUT2D eigenvalue weighted by Crippen LogP contribution is -2.39. The van der Waals surface area contributed by atoms with Crippen molar-refractivity contribution in [3.05, 3.63) is 48.0 Å². The van der Waals surface area contributed by atoms with Crippen molar-refractivity contribution in [3.8, 4) is 17.2 Å². The van der Waals surface area contributed by atoms with Crippen LogP contribution in [0.25, 0.3) is 0 Å². The minimum absolute atomic E-state index is 0.0553. The molecular weight excluding hydrogens is 336 g/mol. The number of aryl methyl sites for hydroxylation is 1. The molecule has 0 amide bonds. The van der Waals surface area contributed by atoms with Crippen molar-refractivity contribution in [1.29, 1.82) is 0 Å². The Morgan fingerprint density at radius 1 is 1.04 bits per heavy atom. The lowest BCUT2D eigenvalue weighted by molar-refractivity contribution is 0.285. The molecule has 1 atom stereocenters. The number of ether oxygens (including phenoxy) is 3. The van der Waals surface area contributed by atoms with Crippen LogP contribution in [0.3, 0.4) is 0 Å². The Labute approximate surface area is 154 Å². The molecular formula is C19H24N2O3S. The standard InChI is InChI=1S/C19H24N2O3S/c1-13-7-5-6-8-16(13)24-12-14(2)20-19(25)21-15-9-10-17(22-3)18(11-15)23-4/h5-11,14H,12H2,1-4H3,(H2,20,21,25). The Bertz CT molecular complexity index is 722. The monoisotopic (exact) mass is 360 g/mol. The van der Waals surface area contributed by atoms with Gasteiger partial charge in [-0.05, 0) is 49.8 Å². The fourth-order valence-electron chi connectivity index (χ4n) is 2.28. The summed E-state index contributed by atoms with van der Waals surface area (Å²) < 4.78 is 16.3.